The van der Waals surface area contributed by atoms with Crippen LogP contribution in [0.25, 0.3) is 0 Å². The van der Waals surface area contributed by atoms with Crippen LogP contribution in [0.2, 0.25) is 0 Å². The SMILES string of the molecule is CCCNCc1cnc(CSCC)s1. The Labute approximate surface area is 94.5 Å². The third kappa shape index (κ3) is 4.44. The number of thiazole rings is 1. The minimum absolute atomic E-state index is 0.975. The molecule has 0 atom stereocenters. The van der Waals surface area contributed by atoms with Gasteiger partial charge in [-0.25, -0.2) is 4.98 Å². The van der Waals surface area contributed by atoms with Crippen molar-refractivity contribution < 1.29 is 0 Å². The van der Waals surface area contributed by atoms with Crippen molar-refractivity contribution in [3.05, 3.63) is 16.1 Å². The van der Waals surface area contributed by atoms with Gasteiger partial charge in [-0.3, -0.25) is 0 Å². The van der Waals surface area contributed by atoms with Gasteiger partial charge in [0.25, 0.3) is 0 Å². The first kappa shape index (κ1) is 12.0. The Balaban J connectivity index is 2.27. The van der Waals surface area contributed by atoms with Gasteiger partial charge in [0.1, 0.15) is 5.01 Å². The van der Waals surface area contributed by atoms with Crippen LogP contribution >= 0.6 is 23.1 Å². The molecule has 0 radical (unpaired) electrons. The topological polar surface area (TPSA) is 24.9 Å². The van der Waals surface area contributed by atoms with Crippen LogP contribution in [0.1, 0.15) is 30.2 Å². The number of hydrogen-bond donors (Lipinski definition) is 1. The molecule has 1 rings (SSSR count). The van der Waals surface area contributed by atoms with Crippen LogP contribution in [0.4, 0.5) is 0 Å². The summed E-state index contributed by atoms with van der Waals surface area (Å²) in [6.45, 7) is 6.43. The summed E-state index contributed by atoms with van der Waals surface area (Å²) in [4.78, 5) is 5.74. The van der Waals surface area contributed by atoms with E-state index in [1.165, 1.54) is 22.1 Å². The average molecular weight is 230 g/mol. The van der Waals surface area contributed by atoms with E-state index in [-0.39, 0.29) is 0 Å². The van der Waals surface area contributed by atoms with Gasteiger partial charge in [-0.15, -0.1) is 11.3 Å². The first-order chi connectivity index (χ1) is 6.86. The van der Waals surface area contributed by atoms with Gasteiger partial charge >= 0.3 is 0 Å². The summed E-state index contributed by atoms with van der Waals surface area (Å²) in [5.41, 5.74) is 0. The molecular weight excluding hydrogens is 212 g/mol. The number of aromatic nitrogens is 1. The predicted molar refractivity (Wildman–Crippen MR) is 65.9 cm³/mol. The molecule has 1 N–H and O–H groups in total. The van der Waals surface area contributed by atoms with Gasteiger partial charge in [0.15, 0.2) is 0 Å². The van der Waals surface area contributed by atoms with Gasteiger partial charge < -0.3 is 5.32 Å². The molecule has 14 heavy (non-hydrogen) atoms. The van der Waals surface area contributed by atoms with Gasteiger partial charge in [0.05, 0.1) is 0 Å². The molecule has 0 amide bonds. The quantitative estimate of drug-likeness (QED) is 0.729. The van der Waals surface area contributed by atoms with E-state index in [1.54, 1.807) is 0 Å². The zero-order chi connectivity index (χ0) is 10.2. The molecule has 0 saturated carbocycles. The summed E-state index contributed by atoms with van der Waals surface area (Å²) in [7, 11) is 0. The minimum atomic E-state index is 0.975. The highest BCUT2D eigenvalue weighted by molar-refractivity contribution is 7.98. The summed E-state index contributed by atoms with van der Waals surface area (Å²) in [5.74, 6) is 2.23. The zero-order valence-corrected chi connectivity index (χ0v) is 10.5. The Kier molecular flexibility index (Phi) is 6.23. The van der Waals surface area contributed by atoms with Gasteiger partial charge in [-0.1, -0.05) is 13.8 Å². The number of thioether (sulfide) groups is 1. The van der Waals surface area contributed by atoms with E-state index in [4.69, 9.17) is 0 Å². The molecule has 1 aromatic rings. The maximum Gasteiger partial charge on any atom is 0.103 e. The van der Waals surface area contributed by atoms with E-state index in [0.717, 1.165) is 18.8 Å². The van der Waals surface area contributed by atoms with E-state index in [9.17, 15) is 0 Å². The summed E-state index contributed by atoms with van der Waals surface area (Å²) >= 11 is 3.76. The molecule has 1 heterocycles. The number of nitrogens with zero attached hydrogens (tertiary/aromatic N) is 1. The van der Waals surface area contributed by atoms with Crippen molar-refractivity contribution in [1.82, 2.24) is 10.3 Å². The summed E-state index contributed by atoms with van der Waals surface area (Å²) in [6, 6.07) is 0. The fraction of sp³-hybridized carbons (Fsp3) is 0.700. The van der Waals surface area contributed by atoms with E-state index < -0.39 is 0 Å². The predicted octanol–water partition coefficient (Wildman–Crippen LogP) is 2.90. The molecule has 0 aromatic carbocycles. The number of nitrogens with one attached hydrogen (secondary N) is 1. The highest BCUT2D eigenvalue weighted by Crippen LogP contribution is 2.18. The second kappa shape index (κ2) is 7.26. The Morgan fingerprint density at radius 1 is 1.50 bits per heavy atom. The van der Waals surface area contributed by atoms with Crippen LogP contribution in [-0.4, -0.2) is 17.3 Å². The molecule has 0 unspecified atom stereocenters. The van der Waals surface area contributed by atoms with E-state index >= 15 is 0 Å². The summed E-state index contributed by atoms with van der Waals surface area (Å²) in [6.07, 6.45) is 3.19. The lowest BCUT2D eigenvalue weighted by Gasteiger charge is -1.97. The van der Waals surface area contributed by atoms with Crippen molar-refractivity contribution in [3.63, 3.8) is 0 Å². The molecule has 0 bridgehead atoms. The monoisotopic (exact) mass is 230 g/mol. The van der Waals surface area contributed by atoms with Crippen molar-refractivity contribution in [2.45, 2.75) is 32.6 Å². The second-order valence-electron chi connectivity index (χ2n) is 3.03. The van der Waals surface area contributed by atoms with Gasteiger partial charge in [0, 0.05) is 23.4 Å². The molecule has 4 heteroatoms. The molecule has 1 aromatic heterocycles. The lowest BCUT2D eigenvalue weighted by molar-refractivity contribution is 0.681. The van der Waals surface area contributed by atoms with Gasteiger partial charge in [-0.05, 0) is 18.7 Å². The third-order valence-corrected chi connectivity index (χ3v) is 3.82. The Hall–Kier alpha value is -0.0600. The Morgan fingerprint density at radius 2 is 2.36 bits per heavy atom. The molecule has 0 aliphatic carbocycles. The van der Waals surface area contributed by atoms with Gasteiger partial charge in [-0.2, -0.15) is 11.8 Å². The number of hydrogen-bond acceptors (Lipinski definition) is 4. The highest BCUT2D eigenvalue weighted by atomic mass is 32.2. The molecule has 0 fully saturated rings. The van der Waals surface area contributed by atoms with Gasteiger partial charge in [0.2, 0.25) is 0 Å². The molecule has 80 valence electrons. The van der Waals surface area contributed by atoms with Crippen molar-refractivity contribution in [3.8, 4) is 0 Å². The van der Waals surface area contributed by atoms with Crippen LogP contribution < -0.4 is 5.32 Å². The van der Waals surface area contributed by atoms with Crippen LogP contribution in [0.15, 0.2) is 6.20 Å². The molecule has 0 aliphatic heterocycles. The van der Waals surface area contributed by atoms with Crippen LogP contribution in [0, 0.1) is 0 Å². The van der Waals surface area contributed by atoms with Crippen molar-refractivity contribution in [2.24, 2.45) is 0 Å². The van der Waals surface area contributed by atoms with E-state index in [0.29, 0.717) is 0 Å². The largest absolute Gasteiger partial charge is 0.312 e. The zero-order valence-electron chi connectivity index (χ0n) is 8.88. The lowest BCUT2D eigenvalue weighted by Crippen LogP contribution is -2.12. The minimum Gasteiger partial charge on any atom is -0.312 e. The normalized spacial score (nSPS) is 10.7. The Bertz CT molecular complexity index is 248. The maximum atomic E-state index is 4.39. The third-order valence-electron chi connectivity index (χ3n) is 1.76. The van der Waals surface area contributed by atoms with Crippen molar-refractivity contribution >= 4 is 23.1 Å². The van der Waals surface area contributed by atoms with Crippen LogP contribution in [0.5, 0.6) is 0 Å². The van der Waals surface area contributed by atoms with Crippen molar-refractivity contribution in [1.29, 1.82) is 0 Å². The Morgan fingerprint density at radius 3 is 3.07 bits per heavy atom. The van der Waals surface area contributed by atoms with Crippen LogP contribution in [-0.2, 0) is 12.3 Å². The number of rotatable bonds is 7. The van der Waals surface area contributed by atoms with Crippen LogP contribution in [0.3, 0.4) is 0 Å². The standard InChI is InChI=1S/C10H18N2S2/c1-3-5-11-6-9-7-12-10(14-9)8-13-4-2/h7,11H,3-6,8H2,1-2H3. The molecule has 2 nitrogen and oxygen atoms in total. The smallest absolute Gasteiger partial charge is 0.103 e. The molecular formula is C10H18N2S2. The molecule has 0 saturated heterocycles. The van der Waals surface area contributed by atoms with E-state index in [2.05, 4.69) is 24.1 Å². The maximum absolute atomic E-state index is 4.39. The van der Waals surface area contributed by atoms with E-state index in [1.807, 2.05) is 29.3 Å². The molecule has 0 aliphatic rings. The lowest BCUT2D eigenvalue weighted by atomic mass is 10.4. The first-order valence-electron chi connectivity index (χ1n) is 5.08. The fourth-order valence-corrected chi connectivity index (χ4v) is 2.70. The highest BCUT2D eigenvalue weighted by Gasteiger charge is 2.00. The second-order valence-corrected chi connectivity index (χ2v) is 5.51. The first-order valence-corrected chi connectivity index (χ1v) is 7.06. The average Bonchev–Trinajstić information content (AvgIpc) is 2.63. The molecule has 0 spiro atoms. The summed E-state index contributed by atoms with van der Waals surface area (Å²) in [5, 5.41) is 4.64. The van der Waals surface area contributed by atoms with Crippen molar-refractivity contribution in [2.75, 3.05) is 12.3 Å². The summed E-state index contributed by atoms with van der Waals surface area (Å²) < 4.78 is 0. The fourth-order valence-electron chi connectivity index (χ4n) is 1.07.